The molecule has 0 atom stereocenters. The Labute approximate surface area is 155 Å². The second-order valence-corrected chi connectivity index (χ2v) is 8.27. The number of rotatable bonds is 5. The molecule has 1 aromatic carbocycles. The Hall–Kier alpha value is -2.04. The molecular weight excluding hydrogens is 326 g/mol. The normalized spacial score (nSPS) is 20.9. The van der Waals surface area contributed by atoms with Crippen LogP contribution in [0, 0.1) is 24.7 Å². The van der Waals surface area contributed by atoms with Gasteiger partial charge in [0.15, 0.2) is 0 Å². The highest BCUT2D eigenvalue weighted by molar-refractivity contribution is 5.89. The van der Waals surface area contributed by atoms with Gasteiger partial charge < -0.3 is 15.5 Å². The molecule has 0 bridgehead atoms. The molecular formula is C21H29N3O2. The van der Waals surface area contributed by atoms with Crippen LogP contribution in [0.1, 0.15) is 44.1 Å². The molecule has 2 aliphatic carbocycles. The van der Waals surface area contributed by atoms with Gasteiger partial charge in [0.1, 0.15) is 0 Å². The Morgan fingerprint density at radius 2 is 1.69 bits per heavy atom. The zero-order valence-corrected chi connectivity index (χ0v) is 15.5. The lowest BCUT2D eigenvalue weighted by Gasteiger charge is -2.32. The first-order valence-corrected chi connectivity index (χ1v) is 10.0. The van der Waals surface area contributed by atoms with Gasteiger partial charge in [-0.2, -0.15) is 0 Å². The molecule has 4 rings (SSSR count). The Morgan fingerprint density at radius 1 is 1.04 bits per heavy atom. The lowest BCUT2D eigenvalue weighted by molar-refractivity contribution is -0.127. The van der Waals surface area contributed by atoms with Crippen LogP contribution in [-0.2, 0) is 4.79 Å². The topological polar surface area (TPSA) is 61.4 Å². The SMILES string of the molecule is Cc1cccc(NC(=O)N2CCC(C(=O)NC(C3CC3)C3CC3)CC2)c1. The predicted octanol–water partition coefficient (Wildman–Crippen LogP) is 3.54. The quantitative estimate of drug-likeness (QED) is 0.848. The summed E-state index contributed by atoms with van der Waals surface area (Å²) in [6.45, 7) is 3.30. The smallest absolute Gasteiger partial charge is 0.321 e. The average Bonchev–Trinajstić information content (AvgIpc) is 3.53. The van der Waals surface area contributed by atoms with E-state index in [9.17, 15) is 9.59 Å². The van der Waals surface area contributed by atoms with Crippen molar-refractivity contribution in [3.05, 3.63) is 29.8 Å². The van der Waals surface area contributed by atoms with E-state index >= 15 is 0 Å². The van der Waals surface area contributed by atoms with E-state index < -0.39 is 0 Å². The summed E-state index contributed by atoms with van der Waals surface area (Å²) >= 11 is 0. The summed E-state index contributed by atoms with van der Waals surface area (Å²) in [6.07, 6.45) is 6.63. The Morgan fingerprint density at radius 3 is 2.27 bits per heavy atom. The summed E-state index contributed by atoms with van der Waals surface area (Å²) in [7, 11) is 0. The molecule has 0 aromatic heterocycles. The molecule has 3 fully saturated rings. The van der Waals surface area contributed by atoms with Crippen LogP contribution in [0.15, 0.2) is 24.3 Å². The molecule has 3 aliphatic rings. The summed E-state index contributed by atoms with van der Waals surface area (Å²) in [5, 5.41) is 6.30. The third kappa shape index (κ3) is 4.19. The maximum Gasteiger partial charge on any atom is 0.321 e. The Bertz CT molecular complexity index is 662. The number of likely N-dealkylation sites (tertiary alicyclic amines) is 1. The second kappa shape index (κ2) is 7.29. The molecule has 1 heterocycles. The number of anilines is 1. The first-order valence-electron chi connectivity index (χ1n) is 10.0. The van der Waals surface area contributed by atoms with Gasteiger partial charge in [0.25, 0.3) is 0 Å². The van der Waals surface area contributed by atoms with E-state index in [1.54, 1.807) is 0 Å². The van der Waals surface area contributed by atoms with Gasteiger partial charge in [0.05, 0.1) is 0 Å². The van der Waals surface area contributed by atoms with Crippen LogP contribution in [0.4, 0.5) is 10.5 Å². The van der Waals surface area contributed by atoms with Crippen molar-refractivity contribution in [1.29, 1.82) is 0 Å². The molecule has 5 heteroatoms. The summed E-state index contributed by atoms with van der Waals surface area (Å²) in [4.78, 5) is 26.9. The molecule has 1 aromatic rings. The van der Waals surface area contributed by atoms with Crippen molar-refractivity contribution < 1.29 is 9.59 Å². The van der Waals surface area contributed by atoms with Gasteiger partial charge in [-0.25, -0.2) is 4.79 Å². The number of benzene rings is 1. The lowest BCUT2D eigenvalue weighted by atomic mass is 9.95. The minimum atomic E-state index is -0.0664. The van der Waals surface area contributed by atoms with Crippen LogP contribution >= 0.6 is 0 Å². The standard InChI is InChI=1S/C21H29N3O2/c1-14-3-2-4-18(13-14)22-21(26)24-11-9-17(10-12-24)20(25)23-19(15-5-6-15)16-7-8-16/h2-4,13,15-17,19H,5-12H2,1H3,(H,22,26)(H,23,25). The summed E-state index contributed by atoms with van der Waals surface area (Å²) < 4.78 is 0. The fourth-order valence-corrected chi connectivity index (χ4v) is 4.08. The average molecular weight is 355 g/mol. The molecule has 5 nitrogen and oxygen atoms in total. The molecule has 2 saturated carbocycles. The predicted molar refractivity (Wildman–Crippen MR) is 102 cm³/mol. The number of carbonyl (C=O) groups excluding carboxylic acids is 2. The lowest BCUT2D eigenvalue weighted by Crippen LogP contribution is -2.47. The highest BCUT2D eigenvalue weighted by Gasteiger charge is 2.43. The molecule has 0 spiro atoms. The molecule has 0 unspecified atom stereocenters. The molecule has 2 N–H and O–H groups in total. The third-order valence-electron chi connectivity index (χ3n) is 5.99. The zero-order valence-electron chi connectivity index (χ0n) is 15.5. The fourth-order valence-electron chi connectivity index (χ4n) is 4.08. The Balaban J connectivity index is 1.25. The van der Waals surface area contributed by atoms with E-state index in [0.29, 0.717) is 19.1 Å². The van der Waals surface area contributed by atoms with Crippen molar-refractivity contribution in [2.24, 2.45) is 17.8 Å². The third-order valence-corrected chi connectivity index (χ3v) is 5.99. The maximum absolute atomic E-state index is 12.6. The van der Waals surface area contributed by atoms with Gasteiger partial charge in [-0.1, -0.05) is 12.1 Å². The van der Waals surface area contributed by atoms with E-state index in [1.165, 1.54) is 25.7 Å². The number of hydrogen-bond donors (Lipinski definition) is 2. The summed E-state index contributed by atoms with van der Waals surface area (Å²) in [6, 6.07) is 8.18. The highest BCUT2D eigenvalue weighted by atomic mass is 16.2. The number of urea groups is 1. The molecule has 3 amide bonds. The van der Waals surface area contributed by atoms with Crippen molar-refractivity contribution >= 4 is 17.6 Å². The second-order valence-electron chi connectivity index (χ2n) is 8.27. The van der Waals surface area contributed by atoms with Crippen molar-refractivity contribution in [2.75, 3.05) is 18.4 Å². The molecule has 1 saturated heterocycles. The number of piperidine rings is 1. The number of aryl methyl sites for hydroxylation is 1. The number of amides is 3. The van der Waals surface area contributed by atoms with Gasteiger partial charge >= 0.3 is 6.03 Å². The number of hydrogen-bond acceptors (Lipinski definition) is 2. The van der Waals surface area contributed by atoms with Gasteiger partial charge in [-0.3, -0.25) is 4.79 Å². The zero-order chi connectivity index (χ0) is 18.1. The molecule has 1 aliphatic heterocycles. The number of nitrogens with zero attached hydrogens (tertiary/aromatic N) is 1. The fraction of sp³-hybridized carbons (Fsp3) is 0.619. The van der Waals surface area contributed by atoms with Gasteiger partial charge in [-0.05, 0) is 75.0 Å². The van der Waals surface area contributed by atoms with Crippen LogP contribution in [-0.4, -0.2) is 36.0 Å². The minimum Gasteiger partial charge on any atom is -0.353 e. The first kappa shape index (κ1) is 17.4. The summed E-state index contributed by atoms with van der Waals surface area (Å²) in [5.41, 5.74) is 1.95. The van der Waals surface area contributed by atoms with Crippen molar-refractivity contribution in [3.8, 4) is 0 Å². The molecule has 140 valence electrons. The minimum absolute atomic E-state index is 0.0537. The van der Waals surface area contributed by atoms with Crippen LogP contribution in [0.3, 0.4) is 0 Å². The van der Waals surface area contributed by atoms with Crippen LogP contribution in [0.2, 0.25) is 0 Å². The van der Waals surface area contributed by atoms with Gasteiger partial charge in [-0.15, -0.1) is 0 Å². The van der Waals surface area contributed by atoms with E-state index in [0.717, 1.165) is 35.9 Å². The molecule has 0 radical (unpaired) electrons. The first-order chi connectivity index (χ1) is 12.6. The van der Waals surface area contributed by atoms with E-state index in [4.69, 9.17) is 0 Å². The molecule has 26 heavy (non-hydrogen) atoms. The van der Waals surface area contributed by atoms with Crippen LogP contribution in [0.25, 0.3) is 0 Å². The van der Waals surface area contributed by atoms with E-state index in [1.807, 2.05) is 36.1 Å². The van der Waals surface area contributed by atoms with Crippen LogP contribution in [0.5, 0.6) is 0 Å². The monoisotopic (exact) mass is 355 g/mol. The van der Waals surface area contributed by atoms with Crippen molar-refractivity contribution in [2.45, 2.75) is 51.5 Å². The van der Waals surface area contributed by atoms with Crippen LogP contribution < -0.4 is 10.6 Å². The number of carbonyl (C=O) groups is 2. The van der Waals surface area contributed by atoms with Gasteiger partial charge in [0, 0.05) is 30.7 Å². The van der Waals surface area contributed by atoms with E-state index in [2.05, 4.69) is 10.6 Å². The van der Waals surface area contributed by atoms with Crippen molar-refractivity contribution in [1.82, 2.24) is 10.2 Å². The summed E-state index contributed by atoms with van der Waals surface area (Å²) in [5.74, 6) is 1.73. The highest BCUT2D eigenvalue weighted by Crippen LogP contribution is 2.44. The van der Waals surface area contributed by atoms with E-state index in [-0.39, 0.29) is 17.9 Å². The Kier molecular flexibility index (Phi) is 4.88. The van der Waals surface area contributed by atoms with Crippen molar-refractivity contribution in [3.63, 3.8) is 0 Å². The largest absolute Gasteiger partial charge is 0.353 e. The van der Waals surface area contributed by atoms with Gasteiger partial charge in [0.2, 0.25) is 5.91 Å². The maximum atomic E-state index is 12.6. The number of nitrogens with one attached hydrogen (secondary N) is 2.